The molecule has 3 rings (SSSR count). The van der Waals surface area contributed by atoms with Gasteiger partial charge in [-0.1, -0.05) is 19.1 Å². The number of phenolic OH excluding ortho intramolecular Hbond substituents is 1. The van der Waals surface area contributed by atoms with Gasteiger partial charge in [0.1, 0.15) is 17.3 Å². The summed E-state index contributed by atoms with van der Waals surface area (Å²) >= 11 is 0. The van der Waals surface area contributed by atoms with Crippen LogP contribution in [0, 0.1) is 5.82 Å². The highest BCUT2D eigenvalue weighted by Gasteiger charge is 2.33. The summed E-state index contributed by atoms with van der Waals surface area (Å²) in [6.07, 6.45) is 0.0106. The first-order valence-electron chi connectivity index (χ1n) is 7.14. The minimum atomic E-state index is -0.544. The lowest BCUT2D eigenvalue weighted by Gasteiger charge is -2.34. The number of hydrogen-bond acceptors (Lipinski definition) is 3. The third-order valence-corrected chi connectivity index (χ3v) is 3.67. The van der Waals surface area contributed by atoms with Gasteiger partial charge in [-0.2, -0.15) is 0 Å². The number of amides is 1. The molecule has 1 N–H and O–H groups in total. The molecule has 2 aromatic rings. The minimum Gasteiger partial charge on any atom is -0.508 e. The predicted octanol–water partition coefficient (Wildman–Crippen LogP) is 3.24. The molecule has 1 heterocycles. The summed E-state index contributed by atoms with van der Waals surface area (Å²) in [6.45, 7) is 2.18. The Balaban J connectivity index is 1.98. The lowest BCUT2D eigenvalue weighted by atomic mass is 10.1. The molecule has 1 unspecified atom stereocenters. The van der Waals surface area contributed by atoms with Crippen molar-refractivity contribution >= 4 is 11.6 Å². The number of anilines is 1. The summed E-state index contributed by atoms with van der Waals surface area (Å²) in [5.41, 5.74) is 1.33. The van der Waals surface area contributed by atoms with Crippen LogP contribution in [0.4, 0.5) is 10.1 Å². The van der Waals surface area contributed by atoms with E-state index in [0.717, 1.165) is 5.56 Å². The summed E-state index contributed by atoms with van der Waals surface area (Å²) in [5, 5.41) is 9.67. The van der Waals surface area contributed by atoms with Crippen molar-refractivity contribution in [3.05, 3.63) is 53.8 Å². The fourth-order valence-electron chi connectivity index (χ4n) is 2.51. The molecule has 0 bridgehead atoms. The van der Waals surface area contributed by atoms with Crippen LogP contribution in [-0.2, 0) is 11.3 Å². The Labute approximate surface area is 127 Å². The molecule has 0 aromatic heterocycles. The fraction of sp³-hybridized carbons (Fsp3) is 0.235. The Bertz CT molecular complexity index is 700. The number of rotatable bonds is 3. The zero-order valence-electron chi connectivity index (χ0n) is 12.1. The molecule has 114 valence electrons. The Hall–Kier alpha value is -2.56. The molecular formula is C17H16FNO3. The first-order valence-corrected chi connectivity index (χ1v) is 7.14. The van der Waals surface area contributed by atoms with Gasteiger partial charge in [0.15, 0.2) is 6.10 Å². The molecule has 0 spiro atoms. The second-order valence-electron chi connectivity index (χ2n) is 5.22. The van der Waals surface area contributed by atoms with Crippen molar-refractivity contribution in [3.63, 3.8) is 0 Å². The van der Waals surface area contributed by atoms with E-state index >= 15 is 0 Å². The number of carbonyl (C=O) groups is 1. The van der Waals surface area contributed by atoms with Crippen molar-refractivity contribution in [1.82, 2.24) is 0 Å². The zero-order valence-corrected chi connectivity index (χ0v) is 12.1. The van der Waals surface area contributed by atoms with E-state index in [1.165, 1.54) is 24.3 Å². The van der Waals surface area contributed by atoms with Gasteiger partial charge in [-0.05, 0) is 36.2 Å². The van der Waals surface area contributed by atoms with Crippen molar-refractivity contribution in [3.8, 4) is 11.5 Å². The highest BCUT2D eigenvalue weighted by molar-refractivity contribution is 6.00. The first-order chi connectivity index (χ1) is 10.6. The van der Waals surface area contributed by atoms with Crippen LogP contribution >= 0.6 is 0 Å². The predicted molar refractivity (Wildman–Crippen MR) is 80.4 cm³/mol. The van der Waals surface area contributed by atoms with Crippen molar-refractivity contribution in [2.45, 2.75) is 26.0 Å². The molecule has 1 aliphatic heterocycles. The molecule has 0 fully saturated rings. The Kier molecular flexibility index (Phi) is 3.71. The van der Waals surface area contributed by atoms with Crippen LogP contribution in [0.15, 0.2) is 42.5 Å². The normalized spacial score (nSPS) is 17.1. The van der Waals surface area contributed by atoms with E-state index in [-0.39, 0.29) is 17.5 Å². The lowest BCUT2D eigenvalue weighted by Crippen LogP contribution is -2.45. The smallest absolute Gasteiger partial charge is 0.268 e. The number of fused-ring (bicyclic) bond motifs is 1. The molecule has 0 radical (unpaired) electrons. The second-order valence-corrected chi connectivity index (χ2v) is 5.22. The van der Waals surface area contributed by atoms with E-state index in [1.807, 2.05) is 6.92 Å². The summed E-state index contributed by atoms with van der Waals surface area (Å²) < 4.78 is 18.7. The average molecular weight is 301 g/mol. The van der Waals surface area contributed by atoms with Crippen molar-refractivity contribution in [2.24, 2.45) is 0 Å². The van der Waals surface area contributed by atoms with Crippen molar-refractivity contribution < 1.29 is 19.0 Å². The molecule has 4 nitrogen and oxygen atoms in total. The van der Waals surface area contributed by atoms with Crippen molar-refractivity contribution in [1.29, 1.82) is 0 Å². The molecule has 5 heteroatoms. The van der Waals surface area contributed by atoms with Gasteiger partial charge in [0.05, 0.1) is 12.2 Å². The van der Waals surface area contributed by atoms with E-state index in [1.54, 1.807) is 23.1 Å². The molecular weight excluding hydrogens is 285 g/mol. The van der Waals surface area contributed by atoms with Gasteiger partial charge in [-0.3, -0.25) is 4.79 Å². The van der Waals surface area contributed by atoms with E-state index in [4.69, 9.17) is 4.74 Å². The van der Waals surface area contributed by atoms with Crippen LogP contribution in [0.1, 0.15) is 18.9 Å². The average Bonchev–Trinajstić information content (AvgIpc) is 2.52. The van der Waals surface area contributed by atoms with Gasteiger partial charge < -0.3 is 14.7 Å². The summed E-state index contributed by atoms with van der Waals surface area (Å²) in [6, 6.07) is 10.7. The van der Waals surface area contributed by atoms with Crippen LogP contribution in [0.5, 0.6) is 11.5 Å². The van der Waals surface area contributed by atoms with Gasteiger partial charge in [0, 0.05) is 6.07 Å². The molecule has 1 amide bonds. The minimum absolute atomic E-state index is 0.0641. The SMILES string of the molecule is CCC1Oc2ccc(O)cc2N(Cc2ccc(F)cc2)C1=O. The fourth-order valence-corrected chi connectivity index (χ4v) is 2.51. The van der Waals surface area contributed by atoms with Crippen LogP contribution in [0.2, 0.25) is 0 Å². The van der Waals surface area contributed by atoms with Crippen molar-refractivity contribution in [2.75, 3.05) is 4.90 Å². The van der Waals surface area contributed by atoms with E-state index in [0.29, 0.717) is 24.4 Å². The van der Waals surface area contributed by atoms with Gasteiger partial charge in [0.2, 0.25) is 0 Å². The molecule has 0 aliphatic carbocycles. The van der Waals surface area contributed by atoms with Gasteiger partial charge in [-0.15, -0.1) is 0 Å². The maximum atomic E-state index is 13.0. The molecule has 0 saturated heterocycles. The van der Waals surface area contributed by atoms with Crippen LogP contribution in [0.25, 0.3) is 0 Å². The number of benzene rings is 2. The maximum absolute atomic E-state index is 13.0. The summed E-state index contributed by atoms with van der Waals surface area (Å²) in [5.74, 6) is 0.145. The Morgan fingerprint density at radius 1 is 1.23 bits per heavy atom. The number of aromatic hydroxyl groups is 1. The highest BCUT2D eigenvalue weighted by Crippen LogP contribution is 2.38. The van der Waals surface area contributed by atoms with Gasteiger partial charge in [0.25, 0.3) is 5.91 Å². The Morgan fingerprint density at radius 3 is 2.64 bits per heavy atom. The molecule has 1 atom stereocenters. The quantitative estimate of drug-likeness (QED) is 0.947. The molecule has 2 aromatic carbocycles. The zero-order chi connectivity index (χ0) is 15.7. The number of nitrogens with zero attached hydrogens (tertiary/aromatic N) is 1. The largest absolute Gasteiger partial charge is 0.508 e. The lowest BCUT2D eigenvalue weighted by molar-refractivity contribution is -0.126. The summed E-state index contributed by atoms with van der Waals surface area (Å²) in [7, 11) is 0. The van der Waals surface area contributed by atoms with Crippen LogP contribution in [-0.4, -0.2) is 17.1 Å². The topological polar surface area (TPSA) is 49.8 Å². The first kappa shape index (κ1) is 14.4. The van der Waals surface area contributed by atoms with Crippen LogP contribution in [0.3, 0.4) is 0 Å². The second kappa shape index (κ2) is 5.67. The third kappa shape index (κ3) is 2.62. The molecule has 22 heavy (non-hydrogen) atoms. The number of phenols is 1. The monoisotopic (exact) mass is 301 g/mol. The number of hydrogen-bond donors (Lipinski definition) is 1. The van der Waals surface area contributed by atoms with Crippen LogP contribution < -0.4 is 9.64 Å². The maximum Gasteiger partial charge on any atom is 0.268 e. The summed E-state index contributed by atoms with van der Waals surface area (Å²) in [4.78, 5) is 14.1. The van der Waals surface area contributed by atoms with Gasteiger partial charge >= 0.3 is 0 Å². The highest BCUT2D eigenvalue weighted by atomic mass is 19.1. The van der Waals surface area contributed by atoms with E-state index < -0.39 is 6.10 Å². The number of ether oxygens (including phenoxy) is 1. The third-order valence-electron chi connectivity index (χ3n) is 3.67. The van der Waals surface area contributed by atoms with E-state index in [9.17, 15) is 14.3 Å². The van der Waals surface area contributed by atoms with Gasteiger partial charge in [-0.25, -0.2) is 4.39 Å². The Morgan fingerprint density at radius 2 is 1.95 bits per heavy atom. The standard InChI is InChI=1S/C17H16FNO3/c1-2-15-17(21)19(10-11-3-5-12(18)6-4-11)14-9-13(20)7-8-16(14)22-15/h3-9,15,20H,2,10H2,1H3. The number of carbonyl (C=O) groups excluding carboxylic acids is 1. The molecule has 1 aliphatic rings. The molecule has 0 saturated carbocycles. The van der Waals surface area contributed by atoms with E-state index in [2.05, 4.69) is 0 Å². The number of halogens is 1.